The molecule has 3 rings (SSSR count). The molecular formula is C12H17N5O2S. The van der Waals surface area contributed by atoms with Crippen LogP contribution in [0.1, 0.15) is 19.3 Å². The molecule has 1 unspecified atom stereocenters. The molecule has 0 amide bonds. The van der Waals surface area contributed by atoms with Crippen molar-refractivity contribution in [2.45, 2.75) is 24.5 Å². The molecule has 0 spiro atoms. The van der Waals surface area contributed by atoms with E-state index in [0.717, 1.165) is 30.6 Å². The zero-order valence-electron chi connectivity index (χ0n) is 11.3. The monoisotopic (exact) mass is 295 g/mol. The van der Waals surface area contributed by atoms with Crippen LogP contribution >= 0.6 is 0 Å². The Kier molecular flexibility index (Phi) is 3.33. The van der Waals surface area contributed by atoms with Gasteiger partial charge in [-0.2, -0.15) is 5.10 Å². The Balaban J connectivity index is 1.87. The van der Waals surface area contributed by atoms with E-state index in [4.69, 9.17) is 0 Å². The van der Waals surface area contributed by atoms with Gasteiger partial charge in [0.25, 0.3) is 0 Å². The first-order valence-corrected chi connectivity index (χ1v) is 8.59. The van der Waals surface area contributed by atoms with Crippen molar-refractivity contribution in [3.8, 4) is 0 Å². The summed E-state index contributed by atoms with van der Waals surface area (Å²) in [6.45, 7) is 1.50. The molecule has 1 saturated heterocycles. The fourth-order valence-corrected chi connectivity index (χ4v) is 3.84. The molecule has 0 saturated carbocycles. The predicted molar refractivity (Wildman–Crippen MR) is 76.4 cm³/mol. The lowest BCUT2D eigenvalue weighted by Crippen LogP contribution is -2.27. The van der Waals surface area contributed by atoms with E-state index in [0.29, 0.717) is 18.6 Å². The van der Waals surface area contributed by atoms with Crippen molar-refractivity contribution >= 4 is 26.7 Å². The lowest BCUT2D eigenvalue weighted by atomic mass is 10.2. The number of hydrogen-bond donors (Lipinski definition) is 1. The molecule has 108 valence electrons. The van der Waals surface area contributed by atoms with Crippen molar-refractivity contribution in [2.75, 3.05) is 24.2 Å². The predicted octanol–water partition coefficient (Wildman–Crippen LogP) is 0.756. The van der Waals surface area contributed by atoms with Gasteiger partial charge >= 0.3 is 0 Å². The second-order valence-electron chi connectivity index (χ2n) is 5.20. The van der Waals surface area contributed by atoms with Crippen LogP contribution in [0.25, 0.3) is 11.0 Å². The highest BCUT2D eigenvalue weighted by atomic mass is 32.2. The normalized spacial score (nSPS) is 21.1. The Hall–Kier alpha value is -1.70. The molecule has 0 bridgehead atoms. The third kappa shape index (κ3) is 2.47. The minimum atomic E-state index is -2.96. The number of aromatic nitrogens is 4. The van der Waals surface area contributed by atoms with Gasteiger partial charge in [-0.15, -0.1) is 0 Å². The largest absolute Gasteiger partial charge is 0.356 e. The molecule has 20 heavy (non-hydrogen) atoms. The number of anilines is 1. The first-order valence-electron chi connectivity index (χ1n) is 6.63. The van der Waals surface area contributed by atoms with Gasteiger partial charge in [-0.1, -0.05) is 0 Å². The molecule has 1 atom stereocenters. The molecule has 1 fully saturated rings. The molecule has 2 aromatic rings. The smallest absolute Gasteiger partial charge is 0.160 e. The fraction of sp³-hybridized carbons (Fsp3) is 0.583. The molecule has 2 aromatic heterocycles. The summed E-state index contributed by atoms with van der Waals surface area (Å²) in [6, 6.07) is 0. The average Bonchev–Trinajstić information content (AvgIpc) is 2.73. The van der Waals surface area contributed by atoms with E-state index in [9.17, 15) is 8.42 Å². The van der Waals surface area contributed by atoms with Crippen LogP contribution in [-0.2, 0) is 9.84 Å². The van der Waals surface area contributed by atoms with Crippen LogP contribution < -0.4 is 4.90 Å². The van der Waals surface area contributed by atoms with Gasteiger partial charge in [0.1, 0.15) is 22.0 Å². The van der Waals surface area contributed by atoms with Crippen molar-refractivity contribution in [3.63, 3.8) is 0 Å². The fourth-order valence-electron chi connectivity index (χ4n) is 2.71. The van der Waals surface area contributed by atoms with Gasteiger partial charge in [-0.25, -0.2) is 18.4 Å². The van der Waals surface area contributed by atoms with Gasteiger partial charge in [-0.05, 0) is 19.3 Å². The Morgan fingerprint density at radius 2 is 2.15 bits per heavy atom. The number of rotatable bonds is 2. The van der Waals surface area contributed by atoms with E-state index in [1.807, 2.05) is 0 Å². The summed E-state index contributed by atoms with van der Waals surface area (Å²) in [5.41, 5.74) is 0.707. The van der Waals surface area contributed by atoms with Crippen LogP contribution in [0.3, 0.4) is 0 Å². The number of H-pyrrole nitrogens is 1. The van der Waals surface area contributed by atoms with E-state index in [1.54, 1.807) is 6.20 Å². The number of aromatic amines is 1. The first kappa shape index (κ1) is 13.3. The van der Waals surface area contributed by atoms with Crippen molar-refractivity contribution in [3.05, 3.63) is 12.5 Å². The van der Waals surface area contributed by atoms with Gasteiger partial charge in [-0.3, -0.25) is 5.10 Å². The van der Waals surface area contributed by atoms with Crippen LogP contribution in [0, 0.1) is 0 Å². The molecule has 1 aliphatic rings. The maximum atomic E-state index is 11.7. The van der Waals surface area contributed by atoms with Crippen molar-refractivity contribution in [2.24, 2.45) is 0 Å². The average molecular weight is 295 g/mol. The molecule has 0 radical (unpaired) electrons. The second-order valence-corrected chi connectivity index (χ2v) is 7.52. The Labute approximate surface area is 117 Å². The first-order chi connectivity index (χ1) is 9.55. The van der Waals surface area contributed by atoms with Gasteiger partial charge in [0.2, 0.25) is 0 Å². The zero-order chi connectivity index (χ0) is 14.2. The molecule has 0 aromatic carbocycles. The number of nitrogens with zero attached hydrogens (tertiary/aromatic N) is 4. The van der Waals surface area contributed by atoms with Crippen LogP contribution in [0.4, 0.5) is 5.82 Å². The van der Waals surface area contributed by atoms with Gasteiger partial charge < -0.3 is 4.90 Å². The van der Waals surface area contributed by atoms with Gasteiger partial charge in [0.15, 0.2) is 5.65 Å². The Morgan fingerprint density at radius 1 is 1.30 bits per heavy atom. The lowest BCUT2D eigenvalue weighted by Gasteiger charge is -2.21. The number of fused-ring (bicyclic) bond motifs is 1. The number of sulfone groups is 1. The van der Waals surface area contributed by atoms with E-state index in [-0.39, 0.29) is 5.25 Å². The standard InChI is InChI=1S/C12H17N5O2S/c1-20(18,19)9-3-2-5-17(6-4-9)12-10-7-15-16-11(10)13-8-14-12/h7-9H,2-6H2,1H3,(H,13,14,15,16). The minimum Gasteiger partial charge on any atom is -0.356 e. The third-order valence-electron chi connectivity index (χ3n) is 3.81. The van der Waals surface area contributed by atoms with Crippen molar-refractivity contribution in [1.29, 1.82) is 0 Å². The van der Waals surface area contributed by atoms with E-state index >= 15 is 0 Å². The maximum absolute atomic E-state index is 11.7. The summed E-state index contributed by atoms with van der Waals surface area (Å²) in [5.74, 6) is 0.831. The molecule has 0 aliphatic carbocycles. The summed E-state index contributed by atoms with van der Waals surface area (Å²) in [5, 5.41) is 7.45. The Bertz CT molecular complexity index is 711. The maximum Gasteiger partial charge on any atom is 0.160 e. The van der Waals surface area contributed by atoms with Crippen LogP contribution in [0.2, 0.25) is 0 Å². The number of hydrogen-bond acceptors (Lipinski definition) is 6. The molecule has 7 nitrogen and oxygen atoms in total. The topological polar surface area (TPSA) is 91.8 Å². The van der Waals surface area contributed by atoms with Crippen molar-refractivity contribution < 1.29 is 8.42 Å². The molecule has 1 aliphatic heterocycles. The lowest BCUT2D eigenvalue weighted by molar-refractivity contribution is 0.573. The highest BCUT2D eigenvalue weighted by molar-refractivity contribution is 7.91. The molecule has 8 heteroatoms. The second kappa shape index (κ2) is 5.01. The third-order valence-corrected chi connectivity index (χ3v) is 5.49. The number of nitrogens with one attached hydrogen (secondary N) is 1. The molecule has 1 N–H and O–H groups in total. The minimum absolute atomic E-state index is 0.242. The highest BCUT2D eigenvalue weighted by Crippen LogP contribution is 2.25. The van der Waals surface area contributed by atoms with Crippen LogP contribution in [-0.4, -0.2) is 53.2 Å². The van der Waals surface area contributed by atoms with E-state index in [2.05, 4.69) is 25.1 Å². The van der Waals surface area contributed by atoms with Crippen LogP contribution in [0.5, 0.6) is 0 Å². The van der Waals surface area contributed by atoms with Gasteiger partial charge in [0, 0.05) is 19.3 Å². The highest BCUT2D eigenvalue weighted by Gasteiger charge is 2.25. The quantitative estimate of drug-likeness (QED) is 0.879. The summed E-state index contributed by atoms with van der Waals surface area (Å²) in [4.78, 5) is 10.6. The summed E-state index contributed by atoms with van der Waals surface area (Å²) < 4.78 is 23.4. The Morgan fingerprint density at radius 3 is 2.95 bits per heavy atom. The van der Waals surface area contributed by atoms with E-state index in [1.165, 1.54) is 12.6 Å². The van der Waals surface area contributed by atoms with E-state index < -0.39 is 9.84 Å². The summed E-state index contributed by atoms with van der Waals surface area (Å²) in [7, 11) is -2.96. The molecule has 3 heterocycles. The van der Waals surface area contributed by atoms with Gasteiger partial charge in [0.05, 0.1) is 16.8 Å². The van der Waals surface area contributed by atoms with Crippen molar-refractivity contribution in [1.82, 2.24) is 20.2 Å². The summed E-state index contributed by atoms with van der Waals surface area (Å²) >= 11 is 0. The summed E-state index contributed by atoms with van der Waals surface area (Å²) in [6.07, 6.45) is 6.75. The zero-order valence-corrected chi connectivity index (χ0v) is 12.1. The molecular weight excluding hydrogens is 278 g/mol. The van der Waals surface area contributed by atoms with Crippen LogP contribution in [0.15, 0.2) is 12.5 Å². The SMILES string of the molecule is CS(=O)(=O)C1CCCN(c2ncnc3[nH]ncc23)CC1.